The number of benzene rings is 1. The van der Waals surface area contributed by atoms with Crippen molar-refractivity contribution < 1.29 is 4.79 Å². The highest BCUT2D eigenvalue weighted by Crippen LogP contribution is 2.33. The predicted octanol–water partition coefficient (Wildman–Crippen LogP) is 2.74. The van der Waals surface area contributed by atoms with Gasteiger partial charge in [0.05, 0.1) is 11.1 Å². The molecule has 1 aromatic carbocycles. The average molecular weight is 260 g/mol. The van der Waals surface area contributed by atoms with Crippen LogP contribution >= 0.6 is 0 Å². The third-order valence-corrected chi connectivity index (χ3v) is 3.92. The monoisotopic (exact) mass is 260 g/mol. The normalized spacial score (nSPS) is 21.5. The van der Waals surface area contributed by atoms with Crippen molar-refractivity contribution >= 4 is 11.6 Å². The van der Waals surface area contributed by atoms with Gasteiger partial charge in [-0.15, -0.1) is 0 Å². The number of nitrogens with one attached hydrogen (secondary N) is 1. The van der Waals surface area contributed by atoms with E-state index >= 15 is 0 Å². The number of para-hydroxylation sites is 1. The maximum atomic E-state index is 12.8. The molecule has 0 radical (unpaired) electrons. The van der Waals surface area contributed by atoms with Crippen LogP contribution in [0.25, 0.3) is 0 Å². The van der Waals surface area contributed by atoms with E-state index in [-0.39, 0.29) is 11.4 Å². The molecule has 1 aliphatic rings. The second kappa shape index (κ2) is 4.64. The first-order valence-electron chi connectivity index (χ1n) is 6.97. The fourth-order valence-electron chi connectivity index (χ4n) is 2.61. The highest BCUT2D eigenvalue weighted by molar-refractivity contribution is 6.02. The molecule has 0 spiro atoms. The van der Waals surface area contributed by atoms with Crippen molar-refractivity contribution in [2.45, 2.75) is 52.1 Å². The Labute approximate surface area is 116 Å². The predicted molar refractivity (Wildman–Crippen MR) is 79.5 cm³/mol. The van der Waals surface area contributed by atoms with Crippen molar-refractivity contribution in [1.82, 2.24) is 5.32 Å². The lowest BCUT2D eigenvalue weighted by atomic mass is 9.89. The Kier molecular flexibility index (Phi) is 3.43. The van der Waals surface area contributed by atoms with Crippen LogP contribution in [0.4, 0.5) is 5.69 Å². The molecule has 3 heteroatoms. The largest absolute Gasteiger partial charge is 0.304 e. The summed E-state index contributed by atoms with van der Waals surface area (Å²) in [5.74, 6) is 0.143. The third kappa shape index (κ3) is 2.39. The van der Waals surface area contributed by atoms with Crippen LogP contribution in [0.5, 0.6) is 0 Å². The molecular formula is C16H24N2O. The molecular weight excluding hydrogens is 236 g/mol. The zero-order valence-electron chi connectivity index (χ0n) is 12.6. The number of nitrogens with zero attached hydrogens (tertiary/aromatic N) is 1. The van der Waals surface area contributed by atoms with Gasteiger partial charge in [-0.25, -0.2) is 0 Å². The van der Waals surface area contributed by atoms with Crippen LogP contribution in [0.2, 0.25) is 0 Å². The van der Waals surface area contributed by atoms with Crippen molar-refractivity contribution in [2.24, 2.45) is 0 Å². The molecule has 0 aliphatic carbocycles. The van der Waals surface area contributed by atoms with Gasteiger partial charge in [0, 0.05) is 12.2 Å². The topological polar surface area (TPSA) is 32.3 Å². The number of carbonyl (C=O) groups is 1. The molecule has 2 rings (SSSR count). The van der Waals surface area contributed by atoms with Gasteiger partial charge >= 0.3 is 0 Å². The number of piperazine rings is 1. The molecule has 3 nitrogen and oxygen atoms in total. The number of aryl methyl sites for hydroxylation is 1. The first-order chi connectivity index (χ1) is 8.79. The summed E-state index contributed by atoms with van der Waals surface area (Å²) in [5, 5.41) is 3.34. The fourth-order valence-corrected chi connectivity index (χ4v) is 2.61. The maximum Gasteiger partial charge on any atom is 0.247 e. The van der Waals surface area contributed by atoms with Crippen LogP contribution in [0, 0.1) is 0 Å². The molecule has 1 aromatic rings. The number of hydrogen-bond donors (Lipinski definition) is 1. The molecule has 0 aromatic heterocycles. The van der Waals surface area contributed by atoms with Gasteiger partial charge in [0.1, 0.15) is 0 Å². The standard InChI is InChI=1S/C16H24N2O/c1-6-12-9-7-8-10-13(12)18-14(19)16(4,5)17-11-15(18,2)3/h7-10,17H,6,11H2,1-5H3. The Hall–Kier alpha value is -1.35. The average Bonchev–Trinajstić information content (AvgIpc) is 2.36. The van der Waals surface area contributed by atoms with Crippen LogP contribution in [-0.4, -0.2) is 23.5 Å². The van der Waals surface area contributed by atoms with Gasteiger partial charge in [-0.2, -0.15) is 0 Å². The molecule has 1 saturated heterocycles. The Morgan fingerprint density at radius 1 is 1.21 bits per heavy atom. The Morgan fingerprint density at radius 2 is 1.84 bits per heavy atom. The van der Waals surface area contributed by atoms with Crippen molar-refractivity contribution in [2.75, 3.05) is 11.4 Å². The number of hydrogen-bond acceptors (Lipinski definition) is 2. The quantitative estimate of drug-likeness (QED) is 0.886. The zero-order chi connectivity index (χ0) is 14.3. The van der Waals surface area contributed by atoms with Crippen molar-refractivity contribution in [3.8, 4) is 0 Å². The molecule has 1 heterocycles. The van der Waals surface area contributed by atoms with Gasteiger partial charge in [0.25, 0.3) is 0 Å². The van der Waals surface area contributed by atoms with E-state index in [2.05, 4.69) is 38.2 Å². The van der Waals surface area contributed by atoms with Crippen LogP contribution in [-0.2, 0) is 11.2 Å². The van der Waals surface area contributed by atoms with Crippen molar-refractivity contribution in [3.63, 3.8) is 0 Å². The van der Waals surface area contributed by atoms with Gasteiger partial charge in [-0.1, -0.05) is 25.1 Å². The summed E-state index contributed by atoms with van der Waals surface area (Å²) in [4.78, 5) is 14.8. The summed E-state index contributed by atoms with van der Waals surface area (Å²) in [6.45, 7) is 11.0. The van der Waals surface area contributed by atoms with Gasteiger partial charge in [-0.3, -0.25) is 4.79 Å². The summed E-state index contributed by atoms with van der Waals surface area (Å²) in [6, 6.07) is 8.20. The molecule has 19 heavy (non-hydrogen) atoms. The zero-order valence-corrected chi connectivity index (χ0v) is 12.6. The Balaban J connectivity index is 2.53. The summed E-state index contributed by atoms with van der Waals surface area (Å²) < 4.78 is 0. The number of amides is 1. The van der Waals surface area contributed by atoms with Gasteiger partial charge in [0.15, 0.2) is 0 Å². The molecule has 1 N–H and O–H groups in total. The van der Waals surface area contributed by atoms with Crippen LogP contribution < -0.4 is 10.2 Å². The van der Waals surface area contributed by atoms with Crippen LogP contribution in [0.3, 0.4) is 0 Å². The fraction of sp³-hybridized carbons (Fsp3) is 0.562. The highest BCUT2D eigenvalue weighted by atomic mass is 16.2. The second-order valence-corrected chi connectivity index (χ2v) is 6.41. The third-order valence-electron chi connectivity index (χ3n) is 3.92. The lowest BCUT2D eigenvalue weighted by molar-refractivity contribution is -0.126. The molecule has 0 atom stereocenters. The van der Waals surface area contributed by atoms with Crippen LogP contribution in [0.1, 0.15) is 40.2 Å². The molecule has 0 bridgehead atoms. The van der Waals surface area contributed by atoms with Gasteiger partial charge < -0.3 is 10.2 Å². The van der Waals surface area contributed by atoms with E-state index in [4.69, 9.17) is 0 Å². The minimum absolute atomic E-state index is 0.143. The summed E-state index contributed by atoms with van der Waals surface area (Å²) in [5.41, 5.74) is 1.56. The van der Waals surface area contributed by atoms with E-state index in [0.29, 0.717) is 0 Å². The van der Waals surface area contributed by atoms with E-state index in [9.17, 15) is 4.79 Å². The van der Waals surface area contributed by atoms with Gasteiger partial charge in [0.2, 0.25) is 5.91 Å². The number of carbonyl (C=O) groups excluding carboxylic acids is 1. The van der Waals surface area contributed by atoms with Crippen molar-refractivity contribution in [3.05, 3.63) is 29.8 Å². The number of rotatable bonds is 2. The van der Waals surface area contributed by atoms with Crippen LogP contribution in [0.15, 0.2) is 24.3 Å². The molecule has 0 saturated carbocycles. The molecule has 1 amide bonds. The Bertz CT molecular complexity index is 491. The first-order valence-corrected chi connectivity index (χ1v) is 6.97. The van der Waals surface area contributed by atoms with E-state index in [1.165, 1.54) is 5.56 Å². The minimum Gasteiger partial charge on any atom is -0.304 e. The molecule has 1 aliphatic heterocycles. The van der Waals surface area contributed by atoms with E-state index in [0.717, 1.165) is 18.7 Å². The second-order valence-electron chi connectivity index (χ2n) is 6.41. The highest BCUT2D eigenvalue weighted by Gasteiger charge is 2.45. The maximum absolute atomic E-state index is 12.8. The number of anilines is 1. The SMILES string of the molecule is CCc1ccccc1N1C(=O)C(C)(C)NCC1(C)C. The van der Waals surface area contributed by atoms with Crippen molar-refractivity contribution in [1.29, 1.82) is 0 Å². The summed E-state index contributed by atoms with van der Waals surface area (Å²) in [6.07, 6.45) is 0.934. The minimum atomic E-state index is -0.504. The van der Waals surface area contributed by atoms with E-state index in [1.54, 1.807) is 0 Å². The summed E-state index contributed by atoms with van der Waals surface area (Å²) >= 11 is 0. The molecule has 0 unspecified atom stereocenters. The summed E-state index contributed by atoms with van der Waals surface area (Å²) in [7, 11) is 0. The molecule has 104 valence electrons. The first kappa shape index (κ1) is 14.1. The van der Waals surface area contributed by atoms with E-state index < -0.39 is 5.54 Å². The lowest BCUT2D eigenvalue weighted by Gasteiger charge is -2.49. The van der Waals surface area contributed by atoms with E-state index in [1.807, 2.05) is 30.9 Å². The lowest BCUT2D eigenvalue weighted by Crippen LogP contribution is -2.70. The van der Waals surface area contributed by atoms with Gasteiger partial charge in [-0.05, 0) is 45.7 Å². The molecule has 1 fully saturated rings. The smallest absolute Gasteiger partial charge is 0.247 e. The Morgan fingerprint density at radius 3 is 2.47 bits per heavy atom.